The second-order valence-corrected chi connectivity index (χ2v) is 6.78. The molecule has 0 aliphatic heterocycles. The van der Waals surface area contributed by atoms with Gasteiger partial charge in [-0.3, -0.25) is 4.79 Å². The minimum Gasteiger partial charge on any atom is -0.335 e. The maximum atomic E-state index is 12.6. The van der Waals surface area contributed by atoms with Gasteiger partial charge in [-0.2, -0.15) is 0 Å². The second-order valence-electron chi connectivity index (χ2n) is 5.87. The molecule has 22 heavy (non-hydrogen) atoms. The van der Waals surface area contributed by atoms with Gasteiger partial charge in [0.15, 0.2) is 0 Å². The first-order valence-electron chi connectivity index (χ1n) is 7.80. The van der Waals surface area contributed by atoms with Crippen molar-refractivity contribution in [3.63, 3.8) is 0 Å². The fourth-order valence-electron chi connectivity index (χ4n) is 2.68. The van der Waals surface area contributed by atoms with E-state index in [4.69, 9.17) is 0 Å². The first-order chi connectivity index (χ1) is 10.7. The Labute approximate surface area is 140 Å². The lowest BCUT2D eigenvalue weighted by Gasteiger charge is -2.23. The summed E-state index contributed by atoms with van der Waals surface area (Å²) >= 11 is 3.50. The van der Waals surface area contributed by atoms with Gasteiger partial charge in [-0.25, -0.2) is 0 Å². The molecule has 1 aliphatic carbocycles. The van der Waals surface area contributed by atoms with E-state index < -0.39 is 0 Å². The summed E-state index contributed by atoms with van der Waals surface area (Å²) in [5.74, 6) is 0.270. The Kier molecular flexibility index (Phi) is 4.94. The number of halogens is 1. The summed E-state index contributed by atoms with van der Waals surface area (Å²) in [5.41, 5.74) is 2.42. The third-order valence-corrected chi connectivity index (χ3v) is 4.51. The minimum absolute atomic E-state index is 0.270. The molecule has 0 radical (unpaired) electrons. The van der Waals surface area contributed by atoms with Gasteiger partial charge in [-0.15, -0.1) is 0 Å². The monoisotopic (exact) mass is 357 g/mol. The van der Waals surface area contributed by atoms with Gasteiger partial charge in [0.05, 0.1) is 0 Å². The molecule has 0 spiro atoms. The van der Waals surface area contributed by atoms with Crippen LogP contribution in [0.4, 0.5) is 0 Å². The molecule has 3 heteroatoms. The van der Waals surface area contributed by atoms with E-state index >= 15 is 0 Å². The van der Waals surface area contributed by atoms with Gasteiger partial charge in [0.1, 0.15) is 0 Å². The van der Waals surface area contributed by atoms with Crippen molar-refractivity contribution in [3.8, 4) is 0 Å². The topological polar surface area (TPSA) is 20.3 Å². The lowest BCUT2D eigenvalue weighted by molar-refractivity contribution is -0.132. The Morgan fingerprint density at radius 3 is 2.45 bits per heavy atom. The third kappa shape index (κ3) is 4.20. The largest absolute Gasteiger partial charge is 0.335 e. The normalized spacial score (nSPS) is 13.9. The fraction of sp³-hybridized carbons (Fsp3) is 0.316. The Morgan fingerprint density at radius 1 is 1.05 bits per heavy atom. The van der Waals surface area contributed by atoms with Crippen LogP contribution >= 0.6 is 15.9 Å². The molecule has 1 saturated carbocycles. The van der Waals surface area contributed by atoms with Crippen molar-refractivity contribution in [2.75, 3.05) is 0 Å². The average molecular weight is 358 g/mol. The van der Waals surface area contributed by atoms with E-state index in [0.717, 1.165) is 30.3 Å². The van der Waals surface area contributed by atoms with Crippen LogP contribution < -0.4 is 0 Å². The molecular weight excluding hydrogens is 338 g/mol. The van der Waals surface area contributed by atoms with Crippen molar-refractivity contribution in [1.82, 2.24) is 4.90 Å². The van der Waals surface area contributed by atoms with Crippen LogP contribution in [0.15, 0.2) is 59.1 Å². The summed E-state index contributed by atoms with van der Waals surface area (Å²) in [6.45, 7) is 0.720. The Balaban J connectivity index is 1.62. The van der Waals surface area contributed by atoms with Crippen LogP contribution in [-0.4, -0.2) is 16.8 Å². The molecule has 2 aromatic rings. The number of rotatable bonds is 6. The maximum absolute atomic E-state index is 12.6. The van der Waals surface area contributed by atoms with Crippen LogP contribution in [0.1, 0.15) is 30.4 Å². The van der Waals surface area contributed by atoms with Gasteiger partial charge in [-0.1, -0.05) is 58.4 Å². The first-order valence-corrected chi connectivity index (χ1v) is 8.59. The van der Waals surface area contributed by atoms with E-state index in [1.807, 2.05) is 30.3 Å². The average Bonchev–Trinajstić information content (AvgIpc) is 3.36. The van der Waals surface area contributed by atoms with E-state index in [9.17, 15) is 4.79 Å². The van der Waals surface area contributed by atoms with E-state index in [2.05, 4.69) is 45.1 Å². The SMILES string of the molecule is O=C(CCc1ccccc1)N(Cc1cccc(Br)c1)C1CC1. The van der Waals surface area contributed by atoms with Gasteiger partial charge < -0.3 is 4.90 Å². The number of benzene rings is 2. The maximum Gasteiger partial charge on any atom is 0.223 e. The smallest absolute Gasteiger partial charge is 0.223 e. The first kappa shape index (κ1) is 15.3. The Hall–Kier alpha value is -1.61. The molecule has 2 aromatic carbocycles. The van der Waals surface area contributed by atoms with Crippen LogP contribution in [-0.2, 0) is 17.8 Å². The lowest BCUT2D eigenvalue weighted by atomic mass is 10.1. The molecule has 0 bridgehead atoms. The fourth-order valence-corrected chi connectivity index (χ4v) is 3.13. The molecule has 0 saturated heterocycles. The number of nitrogens with zero attached hydrogens (tertiary/aromatic N) is 1. The molecular formula is C19H20BrNO. The minimum atomic E-state index is 0.270. The highest BCUT2D eigenvalue weighted by Crippen LogP contribution is 2.29. The van der Waals surface area contributed by atoms with Crippen LogP contribution in [0.5, 0.6) is 0 Å². The summed E-state index contributed by atoms with van der Waals surface area (Å²) in [6, 6.07) is 18.9. The highest BCUT2D eigenvalue weighted by atomic mass is 79.9. The van der Waals surface area contributed by atoms with Gasteiger partial charge in [-0.05, 0) is 42.5 Å². The summed E-state index contributed by atoms with van der Waals surface area (Å²) < 4.78 is 1.07. The molecule has 0 unspecified atom stereocenters. The number of aryl methyl sites for hydroxylation is 1. The second kappa shape index (κ2) is 7.10. The highest BCUT2D eigenvalue weighted by molar-refractivity contribution is 9.10. The quantitative estimate of drug-likeness (QED) is 0.741. The molecule has 0 atom stereocenters. The van der Waals surface area contributed by atoms with Crippen molar-refractivity contribution in [1.29, 1.82) is 0 Å². The molecule has 1 fully saturated rings. The van der Waals surface area contributed by atoms with Crippen LogP contribution in [0.2, 0.25) is 0 Å². The van der Waals surface area contributed by atoms with Crippen molar-refractivity contribution >= 4 is 21.8 Å². The number of hydrogen-bond donors (Lipinski definition) is 0. The third-order valence-electron chi connectivity index (χ3n) is 4.02. The number of carbonyl (C=O) groups excluding carboxylic acids is 1. The highest BCUT2D eigenvalue weighted by Gasteiger charge is 2.32. The molecule has 1 amide bonds. The van der Waals surface area contributed by atoms with Gasteiger partial charge in [0.2, 0.25) is 5.91 Å². The van der Waals surface area contributed by atoms with E-state index in [0.29, 0.717) is 12.5 Å². The van der Waals surface area contributed by atoms with Gasteiger partial charge in [0, 0.05) is 23.5 Å². The summed E-state index contributed by atoms with van der Waals surface area (Å²) in [5, 5.41) is 0. The van der Waals surface area contributed by atoms with Gasteiger partial charge >= 0.3 is 0 Å². The molecule has 2 nitrogen and oxygen atoms in total. The predicted molar refractivity (Wildman–Crippen MR) is 92.5 cm³/mol. The standard InChI is InChI=1S/C19H20BrNO/c20-17-8-4-7-16(13-17)14-21(18-10-11-18)19(22)12-9-15-5-2-1-3-6-15/h1-8,13,18H,9-12,14H2. The lowest BCUT2D eigenvalue weighted by Crippen LogP contribution is -2.32. The Morgan fingerprint density at radius 2 is 1.77 bits per heavy atom. The molecule has 1 aliphatic rings. The summed E-state index contributed by atoms with van der Waals surface area (Å²) in [4.78, 5) is 14.7. The van der Waals surface area contributed by atoms with Crippen molar-refractivity contribution in [2.45, 2.75) is 38.3 Å². The van der Waals surface area contributed by atoms with Crippen molar-refractivity contribution in [2.24, 2.45) is 0 Å². The van der Waals surface area contributed by atoms with Crippen molar-refractivity contribution in [3.05, 3.63) is 70.2 Å². The van der Waals surface area contributed by atoms with E-state index in [1.165, 1.54) is 11.1 Å². The molecule has 0 heterocycles. The number of carbonyl (C=O) groups is 1. The molecule has 0 N–H and O–H groups in total. The molecule has 114 valence electrons. The van der Waals surface area contributed by atoms with Crippen LogP contribution in [0.25, 0.3) is 0 Å². The Bertz CT molecular complexity index is 637. The molecule has 0 aromatic heterocycles. The van der Waals surface area contributed by atoms with E-state index in [-0.39, 0.29) is 5.91 Å². The van der Waals surface area contributed by atoms with Crippen LogP contribution in [0, 0.1) is 0 Å². The van der Waals surface area contributed by atoms with Gasteiger partial charge in [0.25, 0.3) is 0 Å². The van der Waals surface area contributed by atoms with Crippen LogP contribution in [0.3, 0.4) is 0 Å². The van der Waals surface area contributed by atoms with Crippen molar-refractivity contribution < 1.29 is 4.79 Å². The number of amides is 1. The summed E-state index contributed by atoms with van der Waals surface area (Å²) in [6.07, 6.45) is 3.70. The predicted octanol–water partition coefficient (Wildman–Crippen LogP) is 4.57. The zero-order chi connectivity index (χ0) is 15.4. The zero-order valence-electron chi connectivity index (χ0n) is 12.5. The zero-order valence-corrected chi connectivity index (χ0v) is 14.1. The molecule has 3 rings (SSSR count). The summed E-state index contributed by atoms with van der Waals surface area (Å²) in [7, 11) is 0. The van der Waals surface area contributed by atoms with E-state index in [1.54, 1.807) is 0 Å². The number of hydrogen-bond acceptors (Lipinski definition) is 1.